The van der Waals surface area contributed by atoms with Gasteiger partial charge in [0.25, 0.3) is 5.91 Å². The normalized spacial score (nSPS) is 21.3. The van der Waals surface area contributed by atoms with Gasteiger partial charge in [0.1, 0.15) is 5.75 Å². The lowest BCUT2D eigenvalue weighted by atomic mass is 10.0. The first-order valence-electron chi connectivity index (χ1n) is 14.8. The fourth-order valence-corrected chi connectivity index (χ4v) is 4.65. The molecule has 3 N–H and O–H groups in total. The minimum absolute atomic E-state index is 0.0422. The molecule has 1 aromatic rings. The highest BCUT2D eigenvalue weighted by Crippen LogP contribution is 2.29. The summed E-state index contributed by atoms with van der Waals surface area (Å²) in [6.07, 6.45) is -4.97. The molecule has 1 heterocycles. The molecule has 0 saturated carbocycles. The molecule has 4 atom stereocenters. The van der Waals surface area contributed by atoms with Crippen LogP contribution in [-0.4, -0.2) is 96.6 Å². The first-order valence-corrected chi connectivity index (χ1v) is 14.8. The average Bonchev–Trinajstić information content (AvgIpc) is 2.92. The van der Waals surface area contributed by atoms with Gasteiger partial charge in [0.15, 0.2) is 0 Å². The van der Waals surface area contributed by atoms with E-state index in [9.17, 15) is 32.7 Å². The largest absolute Gasteiger partial charge is 0.490 e. The van der Waals surface area contributed by atoms with Crippen molar-refractivity contribution in [1.82, 2.24) is 15.1 Å². The summed E-state index contributed by atoms with van der Waals surface area (Å²) in [5.74, 6) is -1.31. The third kappa shape index (κ3) is 12.2. The minimum atomic E-state index is -4.47. The maximum Gasteiger partial charge on any atom is 0.389 e. The number of carbonyl (C=O) groups is 3. The van der Waals surface area contributed by atoms with Gasteiger partial charge in [-0.15, -0.1) is 0 Å². The molecule has 2 rings (SSSR count). The molecule has 0 bridgehead atoms. The molecule has 43 heavy (non-hydrogen) atoms. The Bertz CT molecular complexity index is 1070. The Morgan fingerprint density at radius 1 is 1.19 bits per heavy atom. The molecule has 1 aromatic carbocycles. The zero-order chi connectivity index (χ0) is 32.3. The number of nitrogens with zero attached hydrogens (tertiary/aromatic N) is 2. The Labute approximate surface area is 252 Å². The maximum absolute atomic E-state index is 14.1. The maximum atomic E-state index is 14.1. The van der Waals surface area contributed by atoms with Crippen molar-refractivity contribution in [1.29, 1.82) is 0 Å². The number of ether oxygens (including phenoxy) is 2. The van der Waals surface area contributed by atoms with E-state index >= 15 is 0 Å². The molecule has 10 nitrogen and oxygen atoms in total. The van der Waals surface area contributed by atoms with Crippen molar-refractivity contribution in [2.75, 3.05) is 38.7 Å². The van der Waals surface area contributed by atoms with Gasteiger partial charge >= 0.3 is 12.2 Å². The van der Waals surface area contributed by atoms with Crippen LogP contribution in [0.25, 0.3) is 0 Å². The van der Waals surface area contributed by atoms with Crippen molar-refractivity contribution in [3.63, 3.8) is 0 Å². The third-order valence-corrected chi connectivity index (χ3v) is 7.18. The summed E-state index contributed by atoms with van der Waals surface area (Å²) >= 11 is 0. The lowest BCUT2D eigenvalue weighted by molar-refractivity contribution is -0.142. The van der Waals surface area contributed by atoms with E-state index in [-0.39, 0.29) is 60.8 Å². The van der Waals surface area contributed by atoms with Crippen LogP contribution < -0.4 is 15.4 Å². The fraction of sp³-hybridized carbons (Fsp3) is 0.700. The number of anilines is 1. The summed E-state index contributed by atoms with van der Waals surface area (Å²) in [5, 5.41) is 15.4. The SMILES string of the molecule is CC(C)NC(=O)N(C)C[C@@H]1OCCCC[C@@H](C)Oc2ccc(NC(=O)CCC(F)(F)F)cc2C(=O)N([C@H](C)CO)C[C@H]1C. The van der Waals surface area contributed by atoms with Crippen LogP contribution in [0.3, 0.4) is 0 Å². The van der Waals surface area contributed by atoms with Crippen molar-refractivity contribution in [2.24, 2.45) is 5.92 Å². The summed E-state index contributed by atoms with van der Waals surface area (Å²) in [7, 11) is 1.68. The van der Waals surface area contributed by atoms with E-state index in [1.165, 1.54) is 23.1 Å². The number of alkyl halides is 3. The zero-order valence-electron chi connectivity index (χ0n) is 26.0. The number of urea groups is 1. The molecule has 244 valence electrons. The lowest BCUT2D eigenvalue weighted by Crippen LogP contribution is -2.49. The van der Waals surface area contributed by atoms with E-state index in [4.69, 9.17) is 9.47 Å². The van der Waals surface area contributed by atoms with Crippen LogP contribution in [-0.2, 0) is 9.53 Å². The number of hydrogen-bond donors (Lipinski definition) is 3. The Balaban J connectivity index is 2.42. The smallest absolute Gasteiger partial charge is 0.389 e. The number of nitrogens with one attached hydrogen (secondary N) is 2. The second-order valence-corrected chi connectivity index (χ2v) is 11.7. The number of benzene rings is 1. The van der Waals surface area contributed by atoms with Gasteiger partial charge in [0.05, 0.1) is 36.8 Å². The van der Waals surface area contributed by atoms with Gasteiger partial charge in [-0.1, -0.05) is 6.92 Å². The number of likely N-dealkylation sites (N-methyl/N-ethyl adjacent to an activating group) is 1. The van der Waals surface area contributed by atoms with Gasteiger partial charge in [-0.05, 0) is 65.2 Å². The minimum Gasteiger partial charge on any atom is -0.490 e. The van der Waals surface area contributed by atoms with Crippen LogP contribution in [0.5, 0.6) is 5.75 Å². The highest BCUT2D eigenvalue weighted by atomic mass is 19.4. The number of amides is 4. The molecule has 4 amide bonds. The third-order valence-electron chi connectivity index (χ3n) is 7.18. The molecular formula is C30H47F3N4O6. The first kappa shape index (κ1) is 36.1. The Hall–Kier alpha value is -3.06. The standard InChI is InChI=1S/C30H47F3N4O6/c1-19(2)34-29(41)36(6)17-26-20(3)16-37(21(4)18-38)28(40)24-15-23(35-27(39)12-13-30(31,32)33)10-11-25(24)43-22(5)9-7-8-14-42-26/h10-11,15,19-22,26,38H,7-9,12-14,16-18H2,1-6H3,(H,34,41)(H,35,39)/t20-,21-,22-,26+/m1/s1. The Morgan fingerprint density at radius 2 is 1.88 bits per heavy atom. The molecule has 1 aliphatic rings. The average molecular weight is 617 g/mol. The fourth-order valence-electron chi connectivity index (χ4n) is 4.65. The molecule has 0 saturated heterocycles. The lowest BCUT2D eigenvalue weighted by Gasteiger charge is -2.36. The van der Waals surface area contributed by atoms with Gasteiger partial charge in [-0.25, -0.2) is 4.79 Å². The Morgan fingerprint density at radius 3 is 2.51 bits per heavy atom. The van der Waals surface area contributed by atoms with Gasteiger partial charge in [-0.2, -0.15) is 13.2 Å². The molecule has 13 heteroatoms. The molecule has 0 spiro atoms. The summed E-state index contributed by atoms with van der Waals surface area (Å²) in [6, 6.07) is 3.50. The highest BCUT2D eigenvalue weighted by Gasteiger charge is 2.31. The van der Waals surface area contributed by atoms with Crippen LogP contribution in [0.15, 0.2) is 18.2 Å². The van der Waals surface area contributed by atoms with Gasteiger partial charge in [0.2, 0.25) is 5.91 Å². The van der Waals surface area contributed by atoms with Crippen molar-refractivity contribution in [3.05, 3.63) is 23.8 Å². The number of hydrogen-bond acceptors (Lipinski definition) is 6. The molecule has 0 fully saturated rings. The monoisotopic (exact) mass is 616 g/mol. The van der Waals surface area contributed by atoms with Gasteiger partial charge in [0, 0.05) is 50.8 Å². The van der Waals surface area contributed by atoms with Gasteiger partial charge in [-0.3, -0.25) is 9.59 Å². The molecule has 1 aliphatic heterocycles. The first-order chi connectivity index (χ1) is 20.1. The summed E-state index contributed by atoms with van der Waals surface area (Å²) in [5.41, 5.74) is 0.260. The van der Waals surface area contributed by atoms with Crippen molar-refractivity contribution < 1.29 is 42.1 Å². The predicted molar refractivity (Wildman–Crippen MR) is 157 cm³/mol. The zero-order valence-corrected chi connectivity index (χ0v) is 26.0. The second-order valence-electron chi connectivity index (χ2n) is 11.7. The van der Waals surface area contributed by atoms with Gasteiger partial charge < -0.3 is 35.0 Å². The van der Waals surface area contributed by atoms with E-state index in [0.717, 1.165) is 12.8 Å². The number of aliphatic hydroxyl groups excluding tert-OH is 1. The number of carbonyl (C=O) groups excluding carboxylic acids is 3. The summed E-state index contributed by atoms with van der Waals surface area (Å²) < 4.78 is 50.2. The number of rotatable bonds is 8. The molecule has 0 unspecified atom stereocenters. The van der Waals surface area contributed by atoms with Crippen LogP contribution in [0.1, 0.15) is 77.1 Å². The van der Waals surface area contributed by atoms with Crippen LogP contribution in [0.2, 0.25) is 0 Å². The molecular weight excluding hydrogens is 569 g/mol. The quantitative estimate of drug-likeness (QED) is 0.386. The number of halogens is 3. The number of aliphatic hydroxyl groups is 1. The van der Waals surface area contributed by atoms with E-state index in [2.05, 4.69) is 10.6 Å². The van der Waals surface area contributed by atoms with E-state index in [1.807, 2.05) is 27.7 Å². The van der Waals surface area contributed by atoms with Crippen molar-refractivity contribution in [2.45, 2.75) is 97.2 Å². The Kier molecular flexibility index (Phi) is 14.0. The van der Waals surface area contributed by atoms with Crippen LogP contribution in [0, 0.1) is 5.92 Å². The van der Waals surface area contributed by atoms with Crippen molar-refractivity contribution >= 4 is 23.5 Å². The van der Waals surface area contributed by atoms with E-state index in [1.54, 1.807) is 18.9 Å². The molecule has 0 aliphatic carbocycles. The number of fused-ring (bicyclic) bond motifs is 1. The van der Waals surface area contributed by atoms with Crippen LogP contribution in [0.4, 0.5) is 23.7 Å². The summed E-state index contributed by atoms with van der Waals surface area (Å²) in [4.78, 5) is 41.9. The van der Waals surface area contributed by atoms with Crippen LogP contribution >= 0.6 is 0 Å². The predicted octanol–water partition coefficient (Wildman–Crippen LogP) is 4.81. The highest BCUT2D eigenvalue weighted by molar-refractivity contribution is 5.99. The van der Waals surface area contributed by atoms with Crippen molar-refractivity contribution in [3.8, 4) is 5.75 Å². The molecule has 0 radical (unpaired) electrons. The topological polar surface area (TPSA) is 120 Å². The molecule has 0 aromatic heterocycles. The second kappa shape index (κ2) is 16.7. The van der Waals surface area contributed by atoms with E-state index in [0.29, 0.717) is 13.0 Å². The van der Waals surface area contributed by atoms with E-state index < -0.39 is 43.0 Å². The summed E-state index contributed by atoms with van der Waals surface area (Å²) in [6.45, 7) is 9.78.